The summed E-state index contributed by atoms with van der Waals surface area (Å²) in [5, 5.41) is 10.3. The highest BCUT2D eigenvalue weighted by Crippen LogP contribution is 2.31. The largest absolute Gasteiger partial charge is 0.380 e. The van der Waals surface area contributed by atoms with E-state index in [1.165, 1.54) is 12.1 Å². The zero-order valence-electron chi connectivity index (χ0n) is 15.5. The lowest BCUT2D eigenvalue weighted by molar-refractivity contribution is -0.184. The maximum absolute atomic E-state index is 12.8. The van der Waals surface area contributed by atoms with Gasteiger partial charge in [-0.2, -0.15) is 0 Å². The Kier molecular flexibility index (Phi) is 5.17. The fourth-order valence-corrected chi connectivity index (χ4v) is 3.90. The van der Waals surface area contributed by atoms with Gasteiger partial charge < -0.3 is 14.7 Å². The zero-order chi connectivity index (χ0) is 19.7. The molecule has 6 heteroatoms. The van der Waals surface area contributed by atoms with E-state index in [4.69, 9.17) is 4.74 Å². The Morgan fingerprint density at radius 1 is 1.04 bits per heavy atom. The molecule has 1 N–H and O–H groups in total. The molecule has 2 aromatic rings. The van der Waals surface area contributed by atoms with E-state index < -0.39 is 12.0 Å². The molecular formula is C22H23F2NO3. The molecule has 0 spiro atoms. The van der Waals surface area contributed by atoms with Crippen LogP contribution in [-0.4, -0.2) is 42.2 Å². The molecule has 148 valence electrons. The molecule has 2 heterocycles. The van der Waals surface area contributed by atoms with E-state index >= 15 is 0 Å². The molecule has 0 unspecified atom stereocenters. The van der Waals surface area contributed by atoms with Crippen LogP contribution < -0.4 is 0 Å². The molecule has 2 aliphatic rings. The first-order valence-corrected chi connectivity index (χ1v) is 9.54. The lowest BCUT2D eigenvalue weighted by Crippen LogP contribution is -2.46. The topological polar surface area (TPSA) is 49.8 Å². The molecule has 1 amide bonds. The lowest BCUT2D eigenvalue weighted by atomic mass is 9.88. The third-order valence-corrected chi connectivity index (χ3v) is 5.79. The van der Waals surface area contributed by atoms with E-state index in [0.29, 0.717) is 18.7 Å². The first-order chi connectivity index (χ1) is 13.5. The molecule has 2 saturated heterocycles. The second kappa shape index (κ2) is 7.60. The first-order valence-electron chi connectivity index (χ1n) is 9.54. The first kappa shape index (κ1) is 19.0. The van der Waals surface area contributed by atoms with Crippen LogP contribution in [0.2, 0.25) is 0 Å². The maximum Gasteiger partial charge on any atom is 0.263 e. The molecule has 2 aliphatic heterocycles. The summed E-state index contributed by atoms with van der Waals surface area (Å²) in [6.45, 7) is 1.84. The van der Waals surface area contributed by atoms with Crippen LogP contribution in [0.3, 0.4) is 0 Å². The van der Waals surface area contributed by atoms with Crippen LogP contribution >= 0.6 is 0 Å². The molecule has 2 fully saturated rings. The summed E-state index contributed by atoms with van der Waals surface area (Å²) in [6.07, 6.45) is -0.818. The molecule has 0 radical (unpaired) electrons. The van der Waals surface area contributed by atoms with Gasteiger partial charge in [-0.15, -0.1) is 0 Å². The number of nitrogens with zero attached hydrogens (tertiary/aromatic N) is 1. The summed E-state index contributed by atoms with van der Waals surface area (Å²) in [5.41, 5.74) is 1.53. The van der Waals surface area contributed by atoms with Crippen molar-refractivity contribution in [2.45, 2.75) is 30.8 Å². The number of benzene rings is 2. The molecule has 4 nitrogen and oxygen atoms in total. The van der Waals surface area contributed by atoms with Crippen molar-refractivity contribution in [2.24, 2.45) is 0 Å². The predicted octanol–water partition coefficient (Wildman–Crippen LogP) is 3.86. The maximum atomic E-state index is 12.8. The van der Waals surface area contributed by atoms with Crippen LogP contribution in [0.25, 0.3) is 0 Å². The Morgan fingerprint density at radius 2 is 1.64 bits per heavy atom. The molecule has 0 saturated carbocycles. The minimum atomic E-state index is -2.45. The van der Waals surface area contributed by atoms with Gasteiger partial charge in [0, 0.05) is 24.2 Å². The summed E-state index contributed by atoms with van der Waals surface area (Å²) < 4.78 is 30.5. The zero-order valence-corrected chi connectivity index (χ0v) is 15.5. The van der Waals surface area contributed by atoms with Gasteiger partial charge >= 0.3 is 0 Å². The summed E-state index contributed by atoms with van der Waals surface area (Å²) >= 11 is 0. The second-order valence-electron chi connectivity index (χ2n) is 7.64. The van der Waals surface area contributed by atoms with Crippen LogP contribution in [-0.2, 0) is 10.3 Å². The minimum Gasteiger partial charge on any atom is -0.380 e. The van der Waals surface area contributed by atoms with E-state index in [1.807, 2.05) is 4.90 Å². The average Bonchev–Trinajstić information content (AvgIpc) is 2.72. The van der Waals surface area contributed by atoms with E-state index in [2.05, 4.69) is 0 Å². The van der Waals surface area contributed by atoms with Crippen molar-refractivity contribution >= 4 is 5.91 Å². The van der Waals surface area contributed by atoms with Crippen LogP contribution in [0, 0.1) is 0 Å². The van der Waals surface area contributed by atoms with E-state index in [-0.39, 0.29) is 30.6 Å². The van der Waals surface area contributed by atoms with E-state index in [9.17, 15) is 18.7 Å². The number of hydrogen-bond donors (Lipinski definition) is 1. The number of hydrogen-bond acceptors (Lipinski definition) is 3. The second-order valence-corrected chi connectivity index (χ2v) is 7.64. The van der Waals surface area contributed by atoms with Gasteiger partial charge in [0.25, 0.3) is 12.3 Å². The summed E-state index contributed by atoms with van der Waals surface area (Å²) in [5.74, 6) is 0.265. The third kappa shape index (κ3) is 3.66. The van der Waals surface area contributed by atoms with Gasteiger partial charge in [0.2, 0.25) is 0 Å². The van der Waals surface area contributed by atoms with E-state index in [1.54, 1.807) is 36.4 Å². The summed E-state index contributed by atoms with van der Waals surface area (Å²) in [4.78, 5) is 14.6. The fraction of sp³-hybridized carbons (Fsp3) is 0.409. The molecular weight excluding hydrogens is 364 g/mol. The predicted molar refractivity (Wildman–Crippen MR) is 100 cm³/mol. The van der Waals surface area contributed by atoms with Crippen molar-refractivity contribution in [3.05, 3.63) is 70.8 Å². The Morgan fingerprint density at radius 3 is 2.14 bits per heavy atom. The molecule has 0 bridgehead atoms. The van der Waals surface area contributed by atoms with Crippen LogP contribution in [0.4, 0.5) is 8.78 Å². The molecule has 2 aromatic carbocycles. The normalized spacial score (nSPS) is 19.5. The fourth-order valence-electron chi connectivity index (χ4n) is 3.90. The average molecular weight is 387 g/mol. The number of amides is 1. The van der Waals surface area contributed by atoms with Crippen molar-refractivity contribution in [1.29, 1.82) is 0 Å². The standard InChI is InChI=1S/C22H23F2NO3/c23-20(24)17-3-1-15(2-4-17)16-9-11-25(12-10-16)21(26)18-5-7-19(8-6-18)22(27)13-28-14-22/h1-8,16,20,27H,9-14H2. The summed E-state index contributed by atoms with van der Waals surface area (Å²) in [6, 6.07) is 13.6. The van der Waals surface area contributed by atoms with Crippen molar-refractivity contribution in [2.75, 3.05) is 26.3 Å². The van der Waals surface area contributed by atoms with Gasteiger partial charge in [-0.25, -0.2) is 8.78 Å². The number of ether oxygens (including phenoxy) is 1. The smallest absolute Gasteiger partial charge is 0.263 e. The number of carbonyl (C=O) groups is 1. The van der Waals surface area contributed by atoms with Gasteiger partial charge in [0.1, 0.15) is 5.60 Å². The van der Waals surface area contributed by atoms with Crippen molar-refractivity contribution in [1.82, 2.24) is 4.90 Å². The monoisotopic (exact) mass is 387 g/mol. The van der Waals surface area contributed by atoms with Crippen molar-refractivity contribution in [3.8, 4) is 0 Å². The number of carbonyl (C=O) groups excluding carboxylic acids is 1. The van der Waals surface area contributed by atoms with Gasteiger partial charge in [0.05, 0.1) is 13.2 Å². The van der Waals surface area contributed by atoms with Crippen molar-refractivity contribution < 1.29 is 23.4 Å². The van der Waals surface area contributed by atoms with Gasteiger partial charge in [0.15, 0.2) is 0 Å². The van der Waals surface area contributed by atoms with E-state index in [0.717, 1.165) is 24.0 Å². The highest BCUT2D eigenvalue weighted by molar-refractivity contribution is 5.94. The Balaban J connectivity index is 1.36. The highest BCUT2D eigenvalue weighted by atomic mass is 19.3. The number of halogens is 2. The van der Waals surface area contributed by atoms with Gasteiger partial charge in [-0.1, -0.05) is 36.4 Å². The SMILES string of the molecule is O=C(c1ccc(C2(O)COC2)cc1)N1CCC(c2ccc(C(F)F)cc2)CC1. The molecule has 28 heavy (non-hydrogen) atoms. The van der Waals surface area contributed by atoms with Crippen LogP contribution in [0.5, 0.6) is 0 Å². The highest BCUT2D eigenvalue weighted by Gasteiger charge is 2.38. The number of piperidine rings is 1. The summed E-state index contributed by atoms with van der Waals surface area (Å²) in [7, 11) is 0. The molecule has 0 aromatic heterocycles. The number of likely N-dealkylation sites (tertiary alicyclic amines) is 1. The molecule has 0 atom stereocenters. The Bertz CT molecular complexity index is 824. The number of alkyl halides is 2. The van der Waals surface area contributed by atoms with Gasteiger partial charge in [-0.05, 0) is 42.0 Å². The van der Waals surface area contributed by atoms with Crippen LogP contribution in [0.15, 0.2) is 48.5 Å². The van der Waals surface area contributed by atoms with Gasteiger partial charge in [-0.3, -0.25) is 4.79 Å². The Labute approximate surface area is 162 Å². The lowest BCUT2D eigenvalue weighted by Gasteiger charge is -2.37. The molecule has 0 aliphatic carbocycles. The molecule has 4 rings (SSSR count). The number of aliphatic hydroxyl groups is 1. The quantitative estimate of drug-likeness (QED) is 0.867. The minimum absolute atomic E-state index is 0.0186. The third-order valence-electron chi connectivity index (χ3n) is 5.79. The van der Waals surface area contributed by atoms with Crippen LogP contribution in [0.1, 0.15) is 52.2 Å². The Hall–Kier alpha value is -2.31. The van der Waals surface area contributed by atoms with Crippen molar-refractivity contribution in [3.63, 3.8) is 0 Å². The number of rotatable bonds is 4.